The standard InChI is InChI=1S/C15H24N2O3/c1-12(6-9-16)17(2)13(18)10-15(11-14(19)20)7-4-3-5-8-15/h12H,3-8,10-11H2,1-2H3,(H,19,20). The van der Waals surface area contributed by atoms with Crippen molar-refractivity contribution in [3.8, 4) is 6.07 Å². The van der Waals surface area contributed by atoms with Crippen molar-refractivity contribution >= 4 is 11.9 Å². The molecule has 0 aliphatic heterocycles. The molecule has 0 aromatic heterocycles. The Morgan fingerprint density at radius 1 is 1.30 bits per heavy atom. The zero-order valence-electron chi connectivity index (χ0n) is 12.4. The number of hydrogen-bond donors (Lipinski definition) is 1. The fourth-order valence-electron chi connectivity index (χ4n) is 3.00. The largest absolute Gasteiger partial charge is 0.481 e. The van der Waals surface area contributed by atoms with E-state index in [1.54, 1.807) is 11.9 Å². The summed E-state index contributed by atoms with van der Waals surface area (Å²) in [5, 5.41) is 17.8. The van der Waals surface area contributed by atoms with Crippen LogP contribution in [0.4, 0.5) is 0 Å². The molecule has 1 N–H and O–H groups in total. The minimum atomic E-state index is -0.826. The van der Waals surface area contributed by atoms with Gasteiger partial charge in [0.2, 0.25) is 5.91 Å². The molecule has 1 aliphatic rings. The first kappa shape index (κ1) is 16.5. The SMILES string of the molecule is CC(CC#N)N(C)C(=O)CC1(CC(=O)O)CCCCC1. The molecule has 1 amide bonds. The lowest BCUT2D eigenvalue weighted by molar-refractivity contribution is -0.142. The topological polar surface area (TPSA) is 81.4 Å². The Morgan fingerprint density at radius 2 is 1.90 bits per heavy atom. The Kier molecular flexibility index (Phi) is 6.00. The average molecular weight is 280 g/mol. The molecule has 112 valence electrons. The second kappa shape index (κ2) is 7.28. The summed E-state index contributed by atoms with van der Waals surface area (Å²) in [5.74, 6) is -0.872. The fraction of sp³-hybridized carbons (Fsp3) is 0.800. The van der Waals surface area contributed by atoms with Crippen molar-refractivity contribution in [2.24, 2.45) is 5.41 Å². The van der Waals surface area contributed by atoms with Gasteiger partial charge in [0.25, 0.3) is 0 Å². The second-order valence-electron chi connectivity index (χ2n) is 6.02. The van der Waals surface area contributed by atoms with Gasteiger partial charge < -0.3 is 10.0 Å². The second-order valence-corrected chi connectivity index (χ2v) is 6.02. The third kappa shape index (κ3) is 4.52. The zero-order chi connectivity index (χ0) is 15.2. The molecule has 0 aromatic rings. The van der Waals surface area contributed by atoms with Crippen molar-refractivity contribution in [3.05, 3.63) is 0 Å². The lowest BCUT2D eigenvalue weighted by Crippen LogP contribution is -2.40. The number of carbonyl (C=O) groups is 2. The van der Waals surface area contributed by atoms with Gasteiger partial charge in [0, 0.05) is 19.5 Å². The van der Waals surface area contributed by atoms with Crippen LogP contribution in [0.5, 0.6) is 0 Å². The molecule has 1 unspecified atom stereocenters. The Hall–Kier alpha value is -1.57. The average Bonchev–Trinajstić information content (AvgIpc) is 2.37. The molecule has 0 heterocycles. The minimum absolute atomic E-state index is 0.0455. The third-order valence-corrected chi connectivity index (χ3v) is 4.41. The summed E-state index contributed by atoms with van der Waals surface area (Å²) in [5.41, 5.74) is -0.387. The van der Waals surface area contributed by atoms with Crippen LogP contribution in [0.3, 0.4) is 0 Å². The van der Waals surface area contributed by atoms with Gasteiger partial charge in [0.1, 0.15) is 0 Å². The minimum Gasteiger partial charge on any atom is -0.481 e. The van der Waals surface area contributed by atoms with Crippen molar-refractivity contribution in [1.82, 2.24) is 4.90 Å². The summed E-state index contributed by atoms with van der Waals surface area (Å²) >= 11 is 0. The number of hydrogen-bond acceptors (Lipinski definition) is 3. The highest BCUT2D eigenvalue weighted by Gasteiger charge is 2.37. The predicted octanol–water partition coefficient (Wildman–Crippen LogP) is 2.56. The molecule has 1 atom stereocenters. The van der Waals surface area contributed by atoms with E-state index in [1.807, 2.05) is 6.92 Å². The molecular formula is C15H24N2O3. The molecule has 0 aromatic carbocycles. The van der Waals surface area contributed by atoms with Crippen molar-refractivity contribution in [2.75, 3.05) is 7.05 Å². The van der Waals surface area contributed by atoms with Crippen LogP contribution in [0.15, 0.2) is 0 Å². The zero-order valence-corrected chi connectivity index (χ0v) is 12.4. The number of aliphatic carboxylic acids is 1. The Labute approximate surface area is 120 Å². The summed E-state index contributed by atoms with van der Waals surface area (Å²) in [7, 11) is 1.70. The molecule has 1 aliphatic carbocycles. The summed E-state index contributed by atoms with van der Waals surface area (Å²) in [6, 6.07) is 1.93. The fourth-order valence-corrected chi connectivity index (χ4v) is 3.00. The molecule has 0 bridgehead atoms. The van der Waals surface area contributed by atoms with Crippen molar-refractivity contribution < 1.29 is 14.7 Å². The van der Waals surface area contributed by atoms with Crippen molar-refractivity contribution in [1.29, 1.82) is 5.26 Å². The molecule has 0 radical (unpaired) electrons. The molecule has 1 rings (SSSR count). The van der Waals surface area contributed by atoms with Crippen LogP contribution in [0.1, 0.15) is 58.3 Å². The van der Waals surface area contributed by atoms with E-state index in [4.69, 9.17) is 10.4 Å². The van der Waals surface area contributed by atoms with Crippen LogP contribution >= 0.6 is 0 Å². The van der Waals surface area contributed by atoms with Crippen LogP contribution in [0.25, 0.3) is 0 Å². The maximum absolute atomic E-state index is 12.3. The quantitative estimate of drug-likeness (QED) is 0.810. The van der Waals surface area contributed by atoms with E-state index < -0.39 is 5.97 Å². The maximum Gasteiger partial charge on any atom is 0.303 e. The van der Waals surface area contributed by atoms with Crippen molar-refractivity contribution in [3.63, 3.8) is 0 Å². The van der Waals surface area contributed by atoms with E-state index in [9.17, 15) is 9.59 Å². The number of carboxylic acids is 1. The highest BCUT2D eigenvalue weighted by Crippen LogP contribution is 2.42. The molecular weight excluding hydrogens is 256 g/mol. The first-order chi connectivity index (χ1) is 9.40. The van der Waals surface area contributed by atoms with Gasteiger partial charge in [-0.25, -0.2) is 0 Å². The van der Waals surface area contributed by atoms with Gasteiger partial charge in [-0.3, -0.25) is 9.59 Å². The van der Waals surface area contributed by atoms with Gasteiger partial charge in [-0.2, -0.15) is 5.26 Å². The maximum atomic E-state index is 12.3. The lowest BCUT2D eigenvalue weighted by Gasteiger charge is -2.37. The number of carbonyl (C=O) groups excluding carboxylic acids is 1. The number of nitrogens with zero attached hydrogens (tertiary/aromatic N) is 2. The lowest BCUT2D eigenvalue weighted by atomic mass is 9.69. The van der Waals surface area contributed by atoms with E-state index in [2.05, 4.69) is 6.07 Å². The number of rotatable bonds is 6. The van der Waals surface area contributed by atoms with Crippen LogP contribution in [0, 0.1) is 16.7 Å². The van der Waals surface area contributed by atoms with Gasteiger partial charge in [0.15, 0.2) is 0 Å². The summed E-state index contributed by atoms with van der Waals surface area (Å²) in [6.45, 7) is 1.84. The Morgan fingerprint density at radius 3 is 2.40 bits per heavy atom. The first-order valence-corrected chi connectivity index (χ1v) is 7.24. The summed E-state index contributed by atoms with van der Waals surface area (Å²) in [6.07, 6.45) is 5.39. The molecule has 5 nitrogen and oxygen atoms in total. The summed E-state index contributed by atoms with van der Waals surface area (Å²) in [4.78, 5) is 25.0. The molecule has 0 saturated heterocycles. The van der Waals surface area contributed by atoms with Gasteiger partial charge in [-0.1, -0.05) is 19.3 Å². The van der Waals surface area contributed by atoms with Crippen LogP contribution in [-0.2, 0) is 9.59 Å². The monoisotopic (exact) mass is 280 g/mol. The number of carboxylic acid groups (broad SMARTS) is 1. The highest BCUT2D eigenvalue weighted by atomic mass is 16.4. The predicted molar refractivity (Wildman–Crippen MR) is 74.8 cm³/mol. The van der Waals surface area contributed by atoms with E-state index in [0.29, 0.717) is 6.42 Å². The highest BCUT2D eigenvalue weighted by molar-refractivity contribution is 5.78. The van der Waals surface area contributed by atoms with Crippen molar-refractivity contribution in [2.45, 2.75) is 64.3 Å². The number of amides is 1. The van der Waals surface area contributed by atoms with E-state index in [0.717, 1.165) is 32.1 Å². The Balaban J connectivity index is 2.72. The smallest absolute Gasteiger partial charge is 0.303 e. The third-order valence-electron chi connectivity index (χ3n) is 4.41. The van der Waals surface area contributed by atoms with E-state index in [-0.39, 0.29) is 30.2 Å². The van der Waals surface area contributed by atoms with E-state index in [1.165, 1.54) is 0 Å². The Bertz CT molecular complexity index is 394. The van der Waals surface area contributed by atoms with Gasteiger partial charge in [-0.05, 0) is 25.2 Å². The number of nitriles is 1. The molecule has 1 saturated carbocycles. The normalized spacial score (nSPS) is 18.9. The molecule has 5 heteroatoms. The van der Waals surface area contributed by atoms with E-state index >= 15 is 0 Å². The van der Waals surface area contributed by atoms with Gasteiger partial charge >= 0.3 is 5.97 Å². The first-order valence-electron chi connectivity index (χ1n) is 7.24. The molecule has 20 heavy (non-hydrogen) atoms. The summed E-state index contributed by atoms with van der Waals surface area (Å²) < 4.78 is 0. The van der Waals surface area contributed by atoms with Gasteiger partial charge in [-0.15, -0.1) is 0 Å². The van der Waals surface area contributed by atoms with Gasteiger partial charge in [0.05, 0.1) is 18.9 Å². The molecule has 0 spiro atoms. The van der Waals surface area contributed by atoms with Crippen LogP contribution in [-0.4, -0.2) is 35.0 Å². The van der Waals surface area contributed by atoms with Crippen LogP contribution < -0.4 is 0 Å². The molecule has 1 fully saturated rings. The van der Waals surface area contributed by atoms with Crippen LogP contribution in [0.2, 0.25) is 0 Å².